The summed E-state index contributed by atoms with van der Waals surface area (Å²) in [6, 6.07) is 0. The Morgan fingerprint density at radius 2 is 2.50 bits per heavy atom. The summed E-state index contributed by atoms with van der Waals surface area (Å²) in [5.41, 5.74) is 0. The fraction of sp³-hybridized carbons (Fsp3) is 0. The molecule has 0 saturated heterocycles. The van der Waals surface area contributed by atoms with Crippen molar-refractivity contribution in [3.8, 4) is 0 Å². The number of hydrogen-bond donors (Lipinski definition) is 0. The van der Waals surface area contributed by atoms with Gasteiger partial charge in [-0.05, 0) is 6.72 Å². The molecule has 0 aliphatic rings. The van der Waals surface area contributed by atoms with Crippen LogP contribution in [0.2, 0.25) is 0 Å². The van der Waals surface area contributed by atoms with Crippen molar-refractivity contribution in [1.82, 2.24) is 9.78 Å². The summed E-state index contributed by atoms with van der Waals surface area (Å²) in [7, 11) is 0. The van der Waals surface area contributed by atoms with E-state index in [-0.39, 0.29) is 5.82 Å². The monoisotopic (exact) mass is 139 g/mol. The normalized spacial score (nSPS) is 9.30. The van der Waals surface area contributed by atoms with Crippen molar-refractivity contribution in [2.24, 2.45) is 4.99 Å². The lowest BCUT2D eigenvalue weighted by atomic mass is 10.6. The van der Waals surface area contributed by atoms with Gasteiger partial charge in [-0.1, -0.05) is 6.58 Å². The van der Waals surface area contributed by atoms with Crippen molar-refractivity contribution in [1.29, 1.82) is 0 Å². The van der Waals surface area contributed by atoms with Crippen molar-refractivity contribution in [3.63, 3.8) is 0 Å². The van der Waals surface area contributed by atoms with Gasteiger partial charge in [0.15, 0.2) is 11.6 Å². The standard InChI is InChI=1S/C6H6FN3/c1-3-10-6(8-2)5(7)4-9-10/h3-4H,1-2H2. The van der Waals surface area contributed by atoms with Crippen LogP contribution < -0.4 is 0 Å². The first-order valence-electron chi connectivity index (χ1n) is 2.62. The molecule has 0 fully saturated rings. The average Bonchev–Trinajstić information content (AvgIpc) is 2.30. The molecule has 0 atom stereocenters. The van der Waals surface area contributed by atoms with Gasteiger partial charge in [0.1, 0.15) is 0 Å². The number of nitrogens with zero attached hydrogens (tertiary/aromatic N) is 3. The van der Waals surface area contributed by atoms with Crippen LogP contribution in [0.25, 0.3) is 6.20 Å². The highest BCUT2D eigenvalue weighted by Crippen LogP contribution is 2.15. The van der Waals surface area contributed by atoms with Gasteiger partial charge in [0, 0.05) is 6.20 Å². The van der Waals surface area contributed by atoms with Crippen LogP contribution in [0.1, 0.15) is 0 Å². The lowest BCUT2D eigenvalue weighted by Gasteiger charge is -1.91. The minimum Gasteiger partial charge on any atom is -0.242 e. The van der Waals surface area contributed by atoms with E-state index in [4.69, 9.17) is 0 Å². The Bertz CT molecular complexity index is 264. The molecule has 0 aliphatic heterocycles. The van der Waals surface area contributed by atoms with Crippen molar-refractivity contribution in [3.05, 3.63) is 18.6 Å². The first-order valence-corrected chi connectivity index (χ1v) is 2.62. The topological polar surface area (TPSA) is 30.2 Å². The highest BCUT2D eigenvalue weighted by atomic mass is 19.1. The van der Waals surface area contributed by atoms with Crippen LogP contribution in [0.5, 0.6) is 0 Å². The van der Waals surface area contributed by atoms with E-state index in [2.05, 4.69) is 23.4 Å². The Labute approximate surface area is 57.5 Å². The zero-order chi connectivity index (χ0) is 7.56. The number of rotatable bonds is 2. The summed E-state index contributed by atoms with van der Waals surface area (Å²) >= 11 is 0. The molecule has 0 bridgehead atoms. The molecule has 0 spiro atoms. The van der Waals surface area contributed by atoms with Gasteiger partial charge in [-0.3, -0.25) is 0 Å². The van der Waals surface area contributed by atoms with Crippen LogP contribution in [0.4, 0.5) is 10.2 Å². The van der Waals surface area contributed by atoms with E-state index in [0.717, 1.165) is 6.20 Å². The predicted octanol–water partition coefficient (Wildman–Crippen LogP) is 1.45. The summed E-state index contributed by atoms with van der Waals surface area (Å²) in [4.78, 5) is 3.41. The largest absolute Gasteiger partial charge is 0.242 e. The van der Waals surface area contributed by atoms with Gasteiger partial charge >= 0.3 is 0 Å². The third kappa shape index (κ3) is 0.834. The van der Waals surface area contributed by atoms with E-state index in [9.17, 15) is 4.39 Å². The molecular weight excluding hydrogens is 133 g/mol. The number of halogens is 1. The minimum absolute atomic E-state index is 0.0926. The summed E-state index contributed by atoms with van der Waals surface area (Å²) in [5.74, 6) is -0.398. The van der Waals surface area contributed by atoms with Gasteiger partial charge in [0.05, 0.1) is 6.20 Å². The van der Waals surface area contributed by atoms with Gasteiger partial charge in [0.2, 0.25) is 0 Å². The van der Waals surface area contributed by atoms with Crippen LogP contribution in [0.15, 0.2) is 17.8 Å². The van der Waals surface area contributed by atoms with Gasteiger partial charge in [0.25, 0.3) is 0 Å². The third-order valence-electron chi connectivity index (χ3n) is 1.05. The molecule has 0 unspecified atom stereocenters. The number of aromatic nitrogens is 2. The molecule has 0 N–H and O–H groups in total. The minimum atomic E-state index is -0.491. The molecular formula is C6H6FN3. The van der Waals surface area contributed by atoms with Gasteiger partial charge in [-0.25, -0.2) is 14.1 Å². The Morgan fingerprint density at radius 3 is 2.90 bits per heavy atom. The van der Waals surface area contributed by atoms with E-state index in [0.29, 0.717) is 0 Å². The Morgan fingerprint density at radius 1 is 1.80 bits per heavy atom. The lowest BCUT2D eigenvalue weighted by molar-refractivity contribution is 0.630. The zero-order valence-corrected chi connectivity index (χ0v) is 5.29. The first-order chi connectivity index (χ1) is 4.79. The van der Waals surface area contributed by atoms with E-state index in [1.165, 1.54) is 10.9 Å². The molecule has 4 heteroatoms. The maximum absolute atomic E-state index is 12.5. The van der Waals surface area contributed by atoms with Crippen LogP contribution in [-0.2, 0) is 0 Å². The predicted molar refractivity (Wildman–Crippen MR) is 37.8 cm³/mol. The molecule has 3 nitrogen and oxygen atoms in total. The summed E-state index contributed by atoms with van der Waals surface area (Å²) in [6.07, 6.45) is 2.42. The molecule has 0 saturated carbocycles. The molecule has 0 aromatic carbocycles. The Kier molecular flexibility index (Phi) is 1.62. The van der Waals surface area contributed by atoms with Crippen molar-refractivity contribution >= 4 is 18.7 Å². The molecule has 1 aromatic rings. The molecule has 0 amide bonds. The molecule has 1 rings (SSSR count). The Balaban J connectivity index is 3.25. The van der Waals surface area contributed by atoms with Crippen LogP contribution in [0.3, 0.4) is 0 Å². The summed E-state index contributed by atoms with van der Waals surface area (Å²) in [5, 5.41) is 3.59. The number of hydrogen-bond acceptors (Lipinski definition) is 2. The second kappa shape index (κ2) is 2.43. The number of aliphatic imine (C=N–C) groups is 1. The van der Waals surface area contributed by atoms with Crippen LogP contribution >= 0.6 is 0 Å². The fourth-order valence-electron chi connectivity index (χ4n) is 0.616. The van der Waals surface area contributed by atoms with Gasteiger partial charge in [-0.15, -0.1) is 0 Å². The molecule has 0 aliphatic carbocycles. The zero-order valence-electron chi connectivity index (χ0n) is 5.29. The van der Waals surface area contributed by atoms with Gasteiger partial charge < -0.3 is 0 Å². The fourth-order valence-corrected chi connectivity index (χ4v) is 0.616. The SMILES string of the molecule is C=Cn1ncc(F)c1N=C. The molecule has 1 heterocycles. The quantitative estimate of drug-likeness (QED) is 0.570. The highest BCUT2D eigenvalue weighted by Gasteiger charge is 2.04. The highest BCUT2D eigenvalue weighted by molar-refractivity contribution is 5.44. The van der Waals surface area contributed by atoms with Crippen LogP contribution in [0, 0.1) is 5.82 Å². The van der Waals surface area contributed by atoms with E-state index in [1.807, 2.05) is 0 Å². The molecule has 52 valence electrons. The smallest absolute Gasteiger partial charge is 0.190 e. The third-order valence-corrected chi connectivity index (χ3v) is 1.05. The van der Waals surface area contributed by atoms with Gasteiger partial charge in [-0.2, -0.15) is 5.10 Å². The van der Waals surface area contributed by atoms with Crippen molar-refractivity contribution in [2.75, 3.05) is 0 Å². The average molecular weight is 139 g/mol. The Hall–Kier alpha value is -1.45. The maximum atomic E-state index is 12.5. The molecule has 10 heavy (non-hydrogen) atoms. The first kappa shape index (κ1) is 6.67. The lowest BCUT2D eigenvalue weighted by Crippen LogP contribution is -1.85. The molecule has 0 radical (unpaired) electrons. The second-order valence-electron chi connectivity index (χ2n) is 1.60. The van der Waals surface area contributed by atoms with E-state index < -0.39 is 5.82 Å². The maximum Gasteiger partial charge on any atom is 0.190 e. The molecule has 1 aromatic heterocycles. The van der Waals surface area contributed by atoms with E-state index >= 15 is 0 Å². The van der Waals surface area contributed by atoms with E-state index in [1.54, 1.807) is 0 Å². The van der Waals surface area contributed by atoms with Crippen molar-refractivity contribution in [2.45, 2.75) is 0 Å². The second-order valence-corrected chi connectivity index (χ2v) is 1.60. The summed E-state index contributed by atoms with van der Waals surface area (Å²) in [6.45, 7) is 6.57. The summed E-state index contributed by atoms with van der Waals surface area (Å²) < 4.78 is 13.7. The van der Waals surface area contributed by atoms with Crippen LogP contribution in [-0.4, -0.2) is 16.5 Å². The van der Waals surface area contributed by atoms with Crippen molar-refractivity contribution < 1.29 is 4.39 Å².